The van der Waals surface area contributed by atoms with Crippen molar-refractivity contribution in [1.29, 1.82) is 0 Å². The number of amides is 1. The van der Waals surface area contributed by atoms with E-state index in [1.807, 2.05) is 0 Å². The first-order chi connectivity index (χ1) is 16.0. The van der Waals surface area contributed by atoms with E-state index in [0.717, 1.165) is 13.1 Å². The van der Waals surface area contributed by atoms with Crippen LogP contribution in [-0.4, -0.2) is 85.2 Å². The molecule has 1 aromatic heterocycles. The Hall–Kier alpha value is -3.43. The highest BCUT2D eigenvalue weighted by atomic mass is 16.5. The van der Waals surface area contributed by atoms with Gasteiger partial charge in [-0.2, -0.15) is 0 Å². The molecule has 1 atom stereocenters. The first-order valence-electron chi connectivity index (χ1n) is 10.8. The Balaban J connectivity index is 1.75. The predicted molar refractivity (Wildman–Crippen MR) is 120 cm³/mol. The molecule has 9 heteroatoms. The molecule has 0 radical (unpaired) electrons. The molecule has 0 spiro atoms. The normalized spacial score (nSPS) is 20.8. The maximum atomic E-state index is 13.2. The van der Waals surface area contributed by atoms with E-state index in [4.69, 9.17) is 14.2 Å². The average Bonchev–Trinajstić information content (AvgIpc) is 3.12. The van der Waals surface area contributed by atoms with Crippen molar-refractivity contribution in [1.82, 2.24) is 14.8 Å². The lowest BCUT2D eigenvalue weighted by atomic mass is 9.95. The molecule has 1 N–H and O–H groups in total. The lowest BCUT2D eigenvalue weighted by Crippen LogP contribution is -2.42. The number of morpholine rings is 1. The molecule has 2 aliphatic heterocycles. The SMILES string of the molecule is COc1ccc(C(O)=C2C(=O)C(=O)N(CCN3CCOCC3)[C@H]2c2ccncc2)c(OC)c1. The molecule has 1 aromatic carbocycles. The minimum atomic E-state index is -0.735. The highest BCUT2D eigenvalue weighted by Gasteiger charge is 2.46. The number of Topliss-reactive ketones (excluding diaryl/α,β-unsaturated/α-hetero) is 1. The van der Waals surface area contributed by atoms with E-state index in [2.05, 4.69) is 9.88 Å². The number of hydrogen-bond acceptors (Lipinski definition) is 8. The number of carbonyl (C=O) groups is 2. The summed E-state index contributed by atoms with van der Waals surface area (Å²) >= 11 is 0. The number of aromatic nitrogens is 1. The molecule has 1 amide bonds. The van der Waals surface area contributed by atoms with E-state index in [9.17, 15) is 14.7 Å². The Labute approximate surface area is 192 Å². The Kier molecular flexibility index (Phi) is 6.90. The highest BCUT2D eigenvalue weighted by Crippen LogP contribution is 2.41. The quantitative estimate of drug-likeness (QED) is 0.385. The maximum absolute atomic E-state index is 13.2. The molecule has 4 rings (SSSR count). The van der Waals surface area contributed by atoms with Crippen molar-refractivity contribution in [3.8, 4) is 11.5 Å². The number of hydrogen-bond donors (Lipinski definition) is 1. The van der Waals surface area contributed by atoms with E-state index in [0.29, 0.717) is 48.9 Å². The minimum Gasteiger partial charge on any atom is -0.507 e. The van der Waals surface area contributed by atoms with Crippen molar-refractivity contribution in [3.05, 3.63) is 59.4 Å². The third-order valence-corrected chi connectivity index (χ3v) is 5.99. The van der Waals surface area contributed by atoms with Gasteiger partial charge in [0.25, 0.3) is 11.7 Å². The average molecular weight is 453 g/mol. The second-order valence-electron chi connectivity index (χ2n) is 7.79. The molecular formula is C24H27N3O6. The van der Waals surface area contributed by atoms with Gasteiger partial charge in [0.05, 0.1) is 44.6 Å². The number of pyridine rings is 1. The van der Waals surface area contributed by atoms with Crippen LogP contribution in [0.1, 0.15) is 17.2 Å². The maximum Gasteiger partial charge on any atom is 0.295 e. The molecule has 0 bridgehead atoms. The molecule has 0 unspecified atom stereocenters. The standard InChI is InChI=1S/C24H27N3O6/c1-31-17-3-4-18(19(15-17)32-2)22(28)20-21(16-5-7-25-8-6-16)27(24(30)23(20)29)10-9-26-11-13-33-14-12-26/h3-8,15,21,28H,9-14H2,1-2H3/t21-/m0/s1. The summed E-state index contributed by atoms with van der Waals surface area (Å²) in [5.74, 6) is -0.781. The number of rotatable bonds is 7. The number of aliphatic hydroxyl groups is 1. The summed E-state index contributed by atoms with van der Waals surface area (Å²) in [6.45, 7) is 3.77. The summed E-state index contributed by atoms with van der Waals surface area (Å²) in [7, 11) is 2.99. The second kappa shape index (κ2) is 10.0. The third kappa shape index (κ3) is 4.55. The summed E-state index contributed by atoms with van der Waals surface area (Å²) in [5.41, 5.74) is 1.03. The third-order valence-electron chi connectivity index (χ3n) is 5.99. The molecule has 9 nitrogen and oxygen atoms in total. The summed E-state index contributed by atoms with van der Waals surface area (Å²) in [6, 6.07) is 7.64. The van der Waals surface area contributed by atoms with Crippen LogP contribution in [0.2, 0.25) is 0 Å². The van der Waals surface area contributed by atoms with Crippen molar-refractivity contribution in [2.45, 2.75) is 6.04 Å². The molecule has 0 aliphatic carbocycles. The minimum absolute atomic E-state index is 0.0247. The second-order valence-corrected chi connectivity index (χ2v) is 7.79. The van der Waals surface area contributed by atoms with Gasteiger partial charge in [0.15, 0.2) is 0 Å². The highest BCUT2D eigenvalue weighted by molar-refractivity contribution is 6.46. The lowest BCUT2D eigenvalue weighted by molar-refractivity contribution is -0.140. The zero-order valence-corrected chi connectivity index (χ0v) is 18.7. The topological polar surface area (TPSA) is 101 Å². The Morgan fingerprint density at radius 1 is 1.09 bits per heavy atom. The van der Waals surface area contributed by atoms with E-state index >= 15 is 0 Å². The Morgan fingerprint density at radius 2 is 1.82 bits per heavy atom. The van der Waals surface area contributed by atoms with Gasteiger partial charge < -0.3 is 24.2 Å². The molecule has 2 fully saturated rings. The largest absolute Gasteiger partial charge is 0.507 e. The van der Waals surface area contributed by atoms with Crippen LogP contribution in [0.5, 0.6) is 11.5 Å². The van der Waals surface area contributed by atoms with Gasteiger partial charge >= 0.3 is 0 Å². The van der Waals surface area contributed by atoms with Gasteiger partial charge in [0, 0.05) is 44.6 Å². The number of ether oxygens (including phenoxy) is 3. The first-order valence-corrected chi connectivity index (χ1v) is 10.8. The number of nitrogens with zero attached hydrogens (tertiary/aromatic N) is 3. The molecule has 2 saturated heterocycles. The molecule has 174 valence electrons. The van der Waals surface area contributed by atoms with Gasteiger partial charge in [-0.05, 0) is 29.8 Å². The summed E-state index contributed by atoms with van der Waals surface area (Å²) in [6.07, 6.45) is 3.21. The van der Waals surface area contributed by atoms with Gasteiger partial charge in [0.1, 0.15) is 17.3 Å². The van der Waals surface area contributed by atoms with Crippen LogP contribution in [0.4, 0.5) is 0 Å². The summed E-state index contributed by atoms with van der Waals surface area (Å²) < 4.78 is 16.0. The van der Waals surface area contributed by atoms with Gasteiger partial charge in [-0.3, -0.25) is 19.5 Å². The van der Waals surface area contributed by atoms with E-state index < -0.39 is 17.7 Å². The summed E-state index contributed by atoms with van der Waals surface area (Å²) in [4.78, 5) is 34.0. The molecule has 33 heavy (non-hydrogen) atoms. The van der Waals surface area contributed by atoms with Crippen LogP contribution in [0.15, 0.2) is 48.3 Å². The Morgan fingerprint density at radius 3 is 2.48 bits per heavy atom. The zero-order valence-electron chi connectivity index (χ0n) is 18.7. The van der Waals surface area contributed by atoms with Crippen molar-refractivity contribution in [2.75, 3.05) is 53.6 Å². The van der Waals surface area contributed by atoms with Crippen LogP contribution in [0.3, 0.4) is 0 Å². The summed E-state index contributed by atoms with van der Waals surface area (Å²) in [5, 5.41) is 11.3. The van der Waals surface area contributed by atoms with Gasteiger partial charge in [0.2, 0.25) is 0 Å². The molecular weight excluding hydrogens is 426 g/mol. The van der Waals surface area contributed by atoms with E-state index in [1.54, 1.807) is 42.7 Å². The fourth-order valence-corrected chi connectivity index (χ4v) is 4.22. The van der Waals surface area contributed by atoms with Gasteiger partial charge in [-0.15, -0.1) is 0 Å². The smallest absolute Gasteiger partial charge is 0.295 e. The number of aliphatic hydroxyl groups excluding tert-OH is 1. The molecule has 2 aromatic rings. The van der Waals surface area contributed by atoms with E-state index in [1.165, 1.54) is 19.1 Å². The van der Waals surface area contributed by atoms with E-state index in [-0.39, 0.29) is 11.3 Å². The predicted octanol–water partition coefficient (Wildman–Crippen LogP) is 1.85. The van der Waals surface area contributed by atoms with Crippen molar-refractivity contribution < 1.29 is 28.9 Å². The number of ketones is 1. The van der Waals surface area contributed by atoms with Gasteiger partial charge in [-0.1, -0.05) is 0 Å². The molecule has 3 heterocycles. The fourth-order valence-electron chi connectivity index (χ4n) is 4.22. The first kappa shape index (κ1) is 22.8. The lowest BCUT2D eigenvalue weighted by Gasteiger charge is -2.31. The monoisotopic (exact) mass is 453 g/mol. The zero-order chi connectivity index (χ0) is 23.4. The number of methoxy groups -OCH3 is 2. The number of carbonyl (C=O) groups excluding carboxylic acids is 2. The van der Waals surface area contributed by atoms with Crippen LogP contribution in [-0.2, 0) is 14.3 Å². The number of likely N-dealkylation sites (tertiary alicyclic amines) is 1. The van der Waals surface area contributed by atoms with Crippen molar-refractivity contribution in [3.63, 3.8) is 0 Å². The Bertz CT molecular complexity index is 1050. The van der Waals surface area contributed by atoms with Crippen molar-refractivity contribution in [2.24, 2.45) is 0 Å². The molecule has 0 saturated carbocycles. The van der Waals surface area contributed by atoms with Crippen LogP contribution < -0.4 is 9.47 Å². The van der Waals surface area contributed by atoms with Crippen LogP contribution >= 0.6 is 0 Å². The number of benzene rings is 1. The van der Waals surface area contributed by atoms with Crippen LogP contribution in [0, 0.1) is 0 Å². The van der Waals surface area contributed by atoms with Crippen LogP contribution in [0.25, 0.3) is 5.76 Å². The van der Waals surface area contributed by atoms with Gasteiger partial charge in [-0.25, -0.2) is 0 Å². The fraction of sp³-hybridized carbons (Fsp3) is 0.375. The molecule has 2 aliphatic rings. The van der Waals surface area contributed by atoms with Crippen molar-refractivity contribution >= 4 is 17.4 Å².